The number of pyridine rings is 1. The minimum absolute atomic E-state index is 0.0612. The van der Waals surface area contributed by atoms with Crippen molar-refractivity contribution in [2.75, 3.05) is 11.1 Å². The van der Waals surface area contributed by atoms with E-state index in [0.717, 1.165) is 11.3 Å². The number of amides is 1. The average molecular weight is 506 g/mol. The zero-order valence-electron chi connectivity index (χ0n) is 19.4. The van der Waals surface area contributed by atoms with Crippen LogP contribution in [0.25, 0.3) is 5.65 Å². The third-order valence-electron chi connectivity index (χ3n) is 6.35. The number of nitrogens with zero attached hydrogens (tertiary/aromatic N) is 4. The molecular formula is C26H24ClN5O2S. The standard InChI is InChI=1S/C26H24ClN5O2S/c1-3-35-17-6-4-16(5-7-17)14-22(33)31-21-9-8-18-19(30-21)10-11-26(2,24(18)34)23-25-28-12-13-32(25)20(27)15-29-23/h4-9,12-13,15H,3,10-11,14H2,1-2H3,(H,30,31,33). The van der Waals surface area contributed by atoms with Gasteiger partial charge in [0, 0.05) is 22.9 Å². The lowest BCUT2D eigenvalue weighted by atomic mass is 9.71. The smallest absolute Gasteiger partial charge is 0.229 e. The molecule has 1 unspecified atom stereocenters. The molecule has 1 N–H and O–H groups in total. The van der Waals surface area contributed by atoms with E-state index in [2.05, 4.69) is 27.2 Å². The largest absolute Gasteiger partial charge is 0.310 e. The van der Waals surface area contributed by atoms with Crippen LogP contribution in [0.5, 0.6) is 0 Å². The first kappa shape index (κ1) is 23.5. The summed E-state index contributed by atoms with van der Waals surface area (Å²) in [4.78, 5) is 40.8. The number of aromatic nitrogens is 4. The van der Waals surface area contributed by atoms with E-state index >= 15 is 0 Å². The van der Waals surface area contributed by atoms with E-state index in [1.165, 1.54) is 4.90 Å². The number of carbonyl (C=O) groups is 2. The lowest BCUT2D eigenvalue weighted by molar-refractivity contribution is -0.115. The molecule has 3 aromatic heterocycles. The molecule has 0 spiro atoms. The molecule has 9 heteroatoms. The summed E-state index contributed by atoms with van der Waals surface area (Å²) in [5.41, 5.74) is 2.49. The minimum atomic E-state index is -0.848. The van der Waals surface area contributed by atoms with Crippen molar-refractivity contribution in [1.29, 1.82) is 0 Å². The first-order chi connectivity index (χ1) is 16.9. The molecular weight excluding hydrogens is 482 g/mol. The van der Waals surface area contributed by atoms with Gasteiger partial charge >= 0.3 is 0 Å². The molecule has 5 rings (SSSR count). The number of imidazole rings is 1. The molecule has 7 nitrogen and oxygen atoms in total. The van der Waals surface area contributed by atoms with Gasteiger partial charge in [-0.25, -0.2) is 9.97 Å². The van der Waals surface area contributed by atoms with Crippen molar-refractivity contribution >= 4 is 46.5 Å². The maximum atomic E-state index is 13.6. The van der Waals surface area contributed by atoms with Crippen molar-refractivity contribution in [2.24, 2.45) is 0 Å². The number of halogens is 1. The summed E-state index contributed by atoms with van der Waals surface area (Å²) in [6.07, 6.45) is 6.31. The molecule has 0 saturated carbocycles. The fraction of sp³-hybridized carbons (Fsp3) is 0.269. The number of thioether (sulfide) groups is 1. The van der Waals surface area contributed by atoms with E-state index < -0.39 is 5.41 Å². The summed E-state index contributed by atoms with van der Waals surface area (Å²) < 4.78 is 1.73. The predicted molar refractivity (Wildman–Crippen MR) is 137 cm³/mol. The van der Waals surface area contributed by atoms with E-state index in [1.807, 2.05) is 31.2 Å². The van der Waals surface area contributed by atoms with Crippen molar-refractivity contribution < 1.29 is 9.59 Å². The highest BCUT2D eigenvalue weighted by molar-refractivity contribution is 7.99. The van der Waals surface area contributed by atoms with E-state index in [4.69, 9.17) is 11.6 Å². The molecule has 0 bridgehead atoms. The van der Waals surface area contributed by atoms with Crippen molar-refractivity contribution in [3.63, 3.8) is 0 Å². The van der Waals surface area contributed by atoms with Crippen LogP contribution < -0.4 is 5.32 Å². The van der Waals surface area contributed by atoms with E-state index in [1.54, 1.807) is 46.9 Å². The van der Waals surface area contributed by atoms with Crippen molar-refractivity contribution in [1.82, 2.24) is 19.4 Å². The fourth-order valence-electron chi connectivity index (χ4n) is 4.49. The molecule has 1 aliphatic rings. The Morgan fingerprint density at radius 1 is 1.20 bits per heavy atom. The first-order valence-electron chi connectivity index (χ1n) is 11.4. The van der Waals surface area contributed by atoms with Crippen LogP contribution in [0.1, 0.15) is 47.6 Å². The molecule has 4 aromatic rings. The van der Waals surface area contributed by atoms with Crippen LogP contribution in [-0.2, 0) is 23.1 Å². The van der Waals surface area contributed by atoms with Crippen LogP contribution in [0.3, 0.4) is 0 Å². The number of nitrogens with one attached hydrogen (secondary N) is 1. The van der Waals surface area contributed by atoms with Crippen LogP contribution in [0, 0.1) is 0 Å². The second-order valence-corrected chi connectivity index (χ2v) is 10.4. The summed E-state index contributed by atoms with van der Waals surface area (Å²) in [5.74, 6) is 1.25. The third-order valence-corrected chi connectivity index (χ3v) is 7.53. The lowest BCUT2D eigenvalue weighted by Gasteiger charge is -2.32. The summed E-state index contributed by atoms with van der Waals surface area (Å²) in [7, 11) is 0. The number of ketones is 1. The molecule has 35 heavy (non-hydrogen) atoms. The number of fused-ring (bicyclic) bond motifs is 2. The molecule has 0 aliphatic heterocycles. The number of hydrogen-bond donors (Lipinski definition) is 1. The molecule has 0 saturated heterocycles. The van der Waals surface area contributed by atoms with E-state index in [-0.39, 0.29) is 18.1 Å². The number of Topliss-reactive ketones (excluding diaryl/α,β-unsaturated/α-hetero) is 1. The fourth-order valence-corrected chi connectivity index (χ4v) is 5.34. The van der Waals surface area contributed by atoms with Crippen LogP contribution in [0.2, 0.25) is 5.15 Å². The van der Waals surface area contributed by atoms with E-state index in [0.29, 0.717) is 46.4 Å². The number of hydrogen-bond acceptors (Lipinski definition) is 6. The zero-order valence-corrected chi connectivity index (χ0v) is 21.0. The molecule has 1 aromatic carbocycles. The minimum Gasteiger partial charge on any atom is -0.310 e. The SMILES string of the molecule is CCSc1ccc(CC(=O)Nc2ccc3c(n2)CCC(C)(c2ncc(Cl)n4ccnc24)C3=O)cc1. The second-order valence-electron chi connectivity index (χ2n) is 8.70. The number of carbonyl (C=O) groups excluding carboxylic acids is 2. The van der Waals surface area contributed by atoms with Gasteiger partial charge in [0.05, 0.1) is 29.4 Å². The number of benzene rings is 1. The Morgan fingerprint density at radius 3 is 2.77 bits per heavy atom. The Kier molecular flexibility index (Phi) is 6.34. The lowest BCUT2D eigenvalue weighted by Crippen LogP contribution is -2.39. The van der Waals surface area contributed by atoms with Gasteiger partial charge < -0.3 is 5.32 Å². The second kappa shape index (κ2) is 9.43. The summed E-state index contributed by atoms with van der Waals surface area (Å²) >= 11 is 8.00. The average Bonchev–Trinajstić information content (AvgIpc) is 3.34. The maximum absolute atomic E-state index is 13.6. The summed E-state index contributed by atoms with van der Waals surface area (Å²) in [6.45, 7) is 4.00. The Labute approximate surface area is 212 Å². The van der Waals surface area contributed by atoms with Gasteiger partial charge in [0.2, 0.25) is 5.91 Å². The van der Waals surface area contributed by atoms with E-state index in [9.17, 15) is 9.59 Å². The van der Waals surface area contributed by atoms with Crippen molar-refractivity contribution in [3.8, 4) is 0 Å². The van der Waals surface area contributed by atoms with Gasteiger partial charge in [0.1, 0.15) is 11.0 Å². The highest BCUT2D eigenvalue weighted by atomic mass is 35.5. The van der Waals surface area contributed by atoms with Crippen molar-refractivity contribution in [3.05, 3.63) is 82.7 Å². The number of rotatable bonds is 6. The Bertz CT molecular complexity index is 1440. The molecule has 1 amide bonds. The molecule has 3 heterocycles. The molecule has 0 fully saturated rings. The zero-order chi connectivity index (χ0) is 24.6. The van der Waals surface area contributed by atoms with Crippen LogP contribution in [-0.4, -0.2) is 36.8 Å². The van der Waals surface area contributed by atoms with Gasteiger partial charge in [-0.15, -0.1) is 11.8 Å². The van der Waals surface area contributed by atoms with Crippen molar-refractivity contribution in [2.45, 2.75) is 43.4 Å². The highest BCUT2D eigenvalue weighted by Gasteiger charge is 2.43. The number of aryl methyl sites for hydroxylation is 1. The predicted octanol–water partition coefficient (Wildman–Crippen LogP) is 5.16. The summed E-state index contributed by atoms with van der Waals surface area (Å²) in [6, 6.07) is 11.4. The molecule has 0 radical (unpaired) electrons. The Morgan fingerprint density at radius 2 is 2.00 bits per heavy atom. The van der Waals surface area contributed by atoms with Gasteiger partial charge in [-0.3, -0.25) is 19.0 Å². The molecule has 1 aliphatic carbocycles. The normalized spacial score (nSPS) is 17.4. The van der Waals surface area contributed by atoms with Crippen LogP contribution >= 0.6 is 23.4 Å². The van der Waals surface area contributed by atoms with Gasteiger partial charge in [0.25, 0.3) is 0 Å². The van der Waals surface area contributed by atoms with Gasteiger partial charge in [-0.2, -0.15) is 0 Å². The van der Waals surface area contributed by atoms with Gasteiger partial charge in [-0.1, -0.05) is 30.7 Å². The molecule has 178 valence electrons. The quantitative estimate of drug-likeness (QED) is 0.364. The highest BCUT2D eigenvalue weighted by Crippen LogP contribution is 2.39. The number of anilines is 1. The molecule has 1 atom stereocenters. The topological polar surface area (TPSA) is 89.2 Å². The third kappa shape index (κ3) is 4.44. The first-order valence-corrected chi connectivity index (χ1v) is 12.8. The van der Waals surface area contributed by atoms with Gasteiger partial charge in [-0.05, 0) is 55.3 Å². The monoisotopic (exact) mass is 505 g/mol. The Hall–Kier alpha value is -3.23. The Balaban J connectivity index is 1.34. The summed E-state index contributed by atoms with van der Waals surface area (Å²) in [5, 5.41) is 3.30. The van der Waals surface area contributed by atoms with Crippen LogP contribution in [0.15, 0.2) is 59.9 Å². The van der Waals surface area contributed by atoms with Gasteiger partial charge in [0.15, 0.2) is 11.4 Å². The maximum Gasteiger partial charge on any atom is 0.229 e. The van der Waals surface area contributed by atoms with Crippen LogP contribution in [0.4, 0.5) is 5.82 Å².